The molecule has 2 aromatic carbocycles. The number of rotatable bonds is 4. The van der Waals surface area contributed by atoms with Gasteiger partial charge in [-0.2, -0.15) is 0 Å². The highest BCUT2D eigenvalue weighted by Crippen LogP contribution is 2.24. The molecule has 27 heavy (non-hydrogen) atoms. The molecule has 0 bridgehead atoms. The Balaban J connectivity index is 1.56. The topological polar surface area (TPSA) is 80.0 Å². The van der Waals surface area contributed by atoms with Crippen molar-refractivity contribution in [3.05, 3.63) is 91.0 Å². The molecule has 0 saturated heterocycles. The summed E-state index contributed by atoms with van der Waals surface area (Å²) in [6, 6.07) is 17.8. The van der Waals surface area contributed by atoms with Crippen molar-refractivity contribution in [2.45, 2.75) is 0 Å². The van der Waals surface area contributed by atoms with Gasteiger partial charge in [-0.15, -0.1) is 0 Å². The molecule has 0 radical (unpaired) electrons. The molecule has 0 aliphatic heterocycles. The minimum Gasteiger partial charge on any atom is -0.508 e. The van der Waals surface area contributed by atoms with Crippen LogP contribution in [0.3, 0.4) is 0 Å². The van der Waals surface area contributed by atoms with Gasteiger partial charge in [-0.3, -0.25) is 14.3 Å². The van der Waals surface area contributed by atoms with Gasteiger partial charge < -0.3 is 10.4 Å². The fourth-order valence-corrected chi connectivity index (χ4v) is 2.74. The summed E-state index contributed by atoms with van der Waals surface area (Å²) in [6.45, 7) is 0. The number of aromatic hydroxyl groups is 1. The number of nitrogens with zero attached hydrogens (tertiary/aromatic N) is 3. The van der Waals surface area contributed by atoms with Crippen LogP contribution in [0.2, 0.25) is 0 Å². The second-order valence-electron chi connectivity index (χ2n) is 5.91. The van der Waals surface area contributed by atoms with Crippen molar-refractivity contribution in [3.63, 3.8) is 0 Å². The standard InChI is InChI=1S/C21H16N4O2/c26-19-9-3-15(4-10-19)20-23-12-13-25(20)18-7-5-17(6-8-18)24-21(27)16-2-1-11-22-14-16/h1-14,26H,(H,24,27). The molecule has 0 aliphatic carbocycles. The third-order valence-corrected chi connectivity index (χ3v) is 4.09. The lowest BCUT2D eigenvalue weighted by Gasteiger charge is -2.10. The van der Waals surface area contributed by atoms with Crippen molar-refractivity contribution in [2.75, 3.05) is 5.32 Å². The zero-order valence-corrected chi connectivity index (χ0v) is 14.3. The SMILES string of the molecule is O=C(Nc1ccc(-n2ccnc2-c2ccc(O)cc2)cc1)c1cccnc1. The van der Waals surface area contributed by atoms with Crippen molar-refractivity contribution >= 4 is 11.6 Å². The van der Waals surface area contributed by atoms with Gasteiger partial charge in [0, 0.05) is 41.7 Å². The van der Waals surface area contributed by atoms with E-state index in [1.807, 2.05) is 47.2 Å². The van der Waals surface area contributed by atoms with Gasteiger partial charge in [0.15, 0.2) is 0 Å². The normalized spacial score (nSPS) is 10.5. The molecule has 6 heteroatoms. The summed E-state index contributed by atoms with van der Waals surface area (Å²) >= 11 is 0. The molecule has 4 aromatic rings. The van der Waals surface area contributed by atoms with Gasteiger partial charge in [0.1, 0.15) is 11.6 Å². The van der Waals surface area contributed by atoms with Crippen LogP contribution in [0.5, 0.6) is 5.75 Å². The summed E-state index contributed by atoms with van der Waals surface area (Å²) in [6.07, 6.45) is 6.74. The molecule has 0 aliphatic rings. The van der Waals surface area contributed by atoms with E-state index in [0.717, 1.165) is 17.1 Å². The number of phenols is 1. The third-order valence-electron chi connectivity index (χ3n) is 4.09. The first-order valence-corrected chi connectivity index (χ1v) is 8.35. The first-order valence-electron chi connectivity index (χ1n) is 8.35. The van der Waals surface area contributed by atoms with Gasteiger partial charge in [-0.1, -0.05) is 0 Å². The minimum absolute atomic E-state index is 0.205. The second kappa shape index (κ2) is 7.13. The fraction of sp³-hybridized carbons (Fsp3) is 0. The van der Waals surface area contributed by atoms with E-state index in [-0.39, 0.29) is 11.7 Å². The van der Waals surface area contributed by atoms with Crippen LogP contribution >= 0.6 is 0 Å². The summed E-state index contributed by atoms with van der Waals surface area (Å²) in [5, 5.41) is 12.3. The van der Waals surface area contributed by atoms with Crippen LogP contribution in [0.25, 0.3) is 17.1 Å². The number of carbonyl (C=O) groups is 1. The Bertz CT molecular complexity index is 1060. The number of carbonyl (C=O) groups excluding carboxylic acids is 1. The molecular weight excluding hydrogens is 340 g/mol. The van der Waals surface area contributed by atoms with E-state index in [2.05, 4.69) is 15.3 Å². The maximum atomic E-state index is 12.2. The molecular formula is C21H16N4O2. The van der Waals surface area contributed by atoms with Gasteiger partial charge in [0.05, 0.1) is 5.56 Å². The first kappa shape index (κ1) is 16.5. The molecule has 0 atom stereocenters. The number of anilines is 1. The van der Waals surface area contributed by atoms with Crippen molar-refractivity contribution in [3.8, 4) is 22.8 Å². The number of benzene rings is 2. The molecule has 4 rings (SSSR count). The number of aromatic nitrogens is 3. The van der Waals surface area contributed by atoms with Crippen LogP contribution in [0.15, 0.2) is 85.5 Å². The van der Waals surface area contributed by atoms with Crippen molar-refractivity contribution < 1.29 is 9.90 Å². The van der Waals surface area contributed by atoms with Crippen LogP contribution in [-0.4, -0.2) is 25.5 Å². The average Bonchev–Trinajstić information content (AvgIpc) is 3.19. The Morgan fingerprint density at radius 1 is 0.963 bits per heavy atom. The molecule has 132 valence electrons. The maximum Gasteiger partial charge on any atom is 0.257 e. The van der Waals surface area contributed by atoms with Crippen LogP contribution in [-0.2, 0) is 0 Å². The van der Waals surface area contributed by atoms with Gasteiger partial charge >= 0.3 is 0 Å². The van der Waals surface area contributed by atoms with Gasteiger partial charge in [0.2, 0.25) is 0 Å². The van der Waals surface area contributed by atoms with E-state index in [1.54, 1.807) is 36.7 Å². The number of amides is 1. The Morgan fingerprint density at radius 3 is 2.44 bits per heavy atom. The maximum absolute atomic E-state index is 12.2. The molecule has 0 saturated carbocycles. The van der Waals surface area contributed by atoms with Gasteiger partial charge in [-0.25, -0.2) is 4.98 Å². The zero-order chi connectivity index (χ0) is 18.6. The highest BCUT2D eigenvalue weighted by atomic mass is 16.3. The second-order valence-corrected chi connectivity index (χ2v) is 5.91. The average molecular weight is 356 g/mol. The van der Waals surface area contributed by atoms with E-state index < -0.39 is 0 Å². The predicted octanol–water partition coefficient (Wildman–Crippen LogP) is 3.89. The Labute approximate surface area is 155 Å². The molecule has 1 amide bonds. The molecule has 2 N–H and O–H groups in total. The lowest BCUT2D eigenvalue weighted by molar-refractivity contribution is 0.102. The van der Waals surface area contributed by atoms with E-state index >= 15 is 0 Å². The molecule has 2 aromatic heterocycles. The minimum atomic E-state index is -0.205. The molecule has 0 fully saturated rings. The first-order chi connectivity index (χ1) is 13.2. The third kappa shape index (κ3) is 3.55. The fourth-order valence-electron chi connectivity index (χ4n) is 2.74. The van der Waals surface area contributed by atoms with E-state index in [0.29, 0.717) is 11.3 Å². The van der Waals surface area contributed by atoms with Crippen LogP contribution in [0.4, 0.5) is 5.69 Å². The van der Waals surface area contributed by atoms with Crippen LogP contribution in [0.1, 0.15) is 10.4 Å². The lowest BCUT2D eigenvalue weighted by Crippen LogP contribution is -2.12. The summed E-state index contributed by atoms with van der Waals surface area (Å²) in [4.78, 5) is 20.6. The predicted molar refractivity (Wildman–Crippen MR) is 103 cm³/mol. The quantitative estimate of drug-likeness (QED) is 0.581. The van der Waals surface area contributed by atoms with E-state index in [9.17, 15) is 9.90 Å². The highest BCUT2D eigenvalue weighted by molar-refractivity contribution is 6.04. The summed E-state index contributed by atoms with van der Waals surface area (Å²) in [5.41, 5.74) is 3.01. The molecule has 6 nitrogen and oxygen atoms in total. The number of imidazole rings is 1. The largest absolute Gasteiger partial charge is 0.508 e. The number of phenolic OH excluding ortho intramolecular Hbond substituents is 1. The smallest absolute Gasteiger partial charge is 0.257 e. The molecule has 0 unspecified atom stereocenters. The highest BCUT2D eigenvalue weighted by Gasteiger charge is 2.09. The number of nitrogens with one attached hydrogen (secondary N) is 1. The van der Waals surface area contributed by atoms with E-state index in [1.165, 1.54) is 6.20 Å². The molecule has 0 spiro atoms. The van der Waals surface area contributed by atoms with Crippen molar-refractivity contribution in [1.29, 1.82) is 0 Å². The van der Waals surface area contributed by atoms with Crippen molar-refractivity contribution in [1.82, 2.24) is 14.5 Å². The number of hydrogen-bond acceptors (Lipinski definition) is 4. The van der Waals surface area contributed by atoms with Crippen molar-refractivity contribution in [2.24, 2.45) is 0 Å². The van der Waals surface area contributed by atoms with E-state index in [4.69, 9.17) is 0 Å². The number of hydrogen-bond donors (Lipinski definition) is 2. The van der Waals surface area contributed by atoms with Crippen LogP contribution in [0, 0.1) is 0 Å². The van der Waals surface area contributed by atoms with Gasteiger partial charge in [0.25, 0.3) is 5.91 Å². The Morgan fingerprint density at radius 2 is 1.74 bits per heavy atom. The monoisotopic (exact) mass is 356 g/mol. The summed E-state index contributed by atoms with van der Waals surface area (Å²) in [7, 11) is 0. The Hall–Kier alpha value is -3.93. The van der Waals surface area contributed by atoms with Crippen LogP contribution < -0.4 is 5.32 Å². The summed E-state index contributed by atoms with van der Waals surface area (Å²) in [5.74, 6) is 0.774. The lowest BCUT2D eigenvalue weighted by atomic mass is 10.2. The summed E-state index contributed by atoms with van der Waals surface area (Å²) < 4.78 is 1.94. The van der Waals surface area contributed by atoms with Gasteiger partial charge in [-0.05, 0) is 60.7 Å². The number of pyridine rings is 1. The Kier molecular flexibility index (Phi) is 4.37. The molecule has 2 heterocycles. The zero-order valence-electron chi connectivity index (χ0n) is 14.3.